The fourth-order valence-electron chi connectivity index (χ4n) is 1.37. The Balaban J connectivity index is 2.98. The van der Waals surface area contributed by atoms with Crippen LogP contribution in [-0.4, -0.2) is 17.0 Å². The Labute approximate surface area is 97.1 Å². The zero-order valence-electron chi connectivity index (χ0n) is 9.45. The van der Waals surface area contributed by atoms with Gasteiger partial charge in [0.15, 0.2) is 6.17 Å². The number of benzene rings is 1. The van der Waals surface area contributed by atoms with Gasteiger partial charge < -0.3 is 5.11 Å². The summed E-state index contributed by atoms with van der Waals surface area (Å²) in [6.07, 6.45) is -2.83. The fraction of sp³-hybridized carbons (Fsp3) is 0.417. The normalized spacial score (nSPS) is 13.8. The van der Waals surface area contributed by atoms with E-state index < -0.39 is 18.1 Å². The van der Waals surface area contributed by atoms with Crippen molar-refractivity contribution < 1.29 is 23.1 Å². The molecule has 0 amide bonds. The minimum Gasteiger partial charge on any atom is -0.477 e. The average molecular weight is 246 g/mol. The molecule has 1 rings (SSSR count). The molecule has 0 aliphatic heterocycles. The van der Waals surface area contributed by atoms with Crippen LogP contribution in [0.3, 0.4) is 0 Å². The maximum atomic E-state index is 13.4. The van der Waals surface area contributed by atoms with Crippen LogP contribution in [-0.2, 0) is 4.79 Å². The van der Waals surface area contributed by atoms with Crippen LogP contribution in [0.4, 0.5) is 13.2 Å². The quantitative estimate of drug-likeness (QED) is 0.882. The van der Waals surface area contributed by atoms with Gasteiger partial charge in [0.2, 0.25) is 0 Å². The van der Waals surface area contributed by atoms with Crippen LogP contribution in [0.2, 0.25) is 0 Å². The first-order valence-corrected chi connectivity index (χ1v) is 5.12. The molecule has 1 aromatic carbocycles. The lowest BCUT2D eigenvalue weighted by molar-refractivity contribution is -0.175. The Hall–Kier alpha value is -1.52. The van der Waals surface area contributed by atoms with Gasteiger partial charge in [-0.3, -0.25) is 0 Å². The van der Waals surface area contributed by atoms with Crippen molar-refractivity contribution in [2.45, 2.75) is 31.9 Å². The molecule has 0 aliphatic rings. The van der Waals surface area contributed by atoms with E-state index >= 15 is 0 Å². The summed E-state index contributed by atoms with van der Waals surface area (Å²) in [5, 5.41) is 8.23. The van der Waals surface area contributed by atoms with Crippen LogP contribution < -0.4 is 0 Å². The molecule has 1 aromatic rings. The second kappa shape index (κ2) is 4.77. The maximum absolute atomic E-state index is 13.4. The Morgan fingerprint density at radius 1 is 1.18 bits per heavy atom. The Morgan fingerprint density at radius 2 is 1.59 bits per heavy atom. The number of carboxylic acid groups (broad SMARTS) is 1. The maximum Gasteiger partial charge on any atom is 0.378 e. The molecule has 0 aromatic heterocycles. The van der Waals surface area contributed by atoms with Gasteiger partial charge >= 0.3 is 11.9 Å². The van der Waals surface area contributed by atoms with Crippen LogP contribution in [0.1, 0.15) is 37.1 Å². The number of rotatable bonds is 4. The van der Waals surface area contributed by atoms with Crippen molar-refractivity contribution in [1.82, 2.24) is 0 Å². The summed E-state index contributed by atoms with van der Waals surface area (Å²) in [6.45, 7) is 3.82. The summed E-state index contributed by atoms with van der Waals surface area (Å²) in [5.41, 5.74) is 0.543. The van der Waals surface area contributed by atoms with Gasteiger partial charge in [-0.1, -0.05) is 38.1 Å². The van der Waals surface area contributed by atoms with Crippen LogP contribution in [0.5, 0.6) is 0 Å². The van der Waals surface area contributed by atoms with Crippen molar-refractivity contribution in [2.75, 3.05) is 0 Å². The van der Waals surface area contributed by atoms with Crippen molar-refractivity contribution in [2.24, 2.45) is 0 Å². The molecule has 0 saturated carbocycles. The highest BCUT2D eigenvalue weighted by Gasteiger charge is 2.49. The SMILES string of the molecule is CC(C)c1ccc(C(F)C(F)(F)C(=O)O)cc1. The smallest absolute Gasteiger partial charge is 0.378 e. The second-order valence-electron chi connectivity index (χ2n) is 4.11. The lowest BCUT2D eigenvalue weighted by atomic mass is 9.98. The van der Waals surface area contributed by atoms with E-state index in [1.165, 1.54) is 24.3 Å². The number of aliphatic carboxylic acids is 1. The number of carbonyl (C=O) groups is 1. The molecule has 0 fully saturated rings. The number of halogens is 3. The van der Waals surface area contributed by atoms with Crippen molar-refractivity contribution >= 4 is 5.97 Å². The summed E-state index contributed by atoms with van der Waals surface area (Å²) >= 11 is 0. The van der Waals surface area contributed by atoms with Crippen molar-refractivity contribution in [3.05, 3.63) is 35.4 Å². The molecule has 0 bridgehead atoms. The molecular weight excluding hydrogens is 233 g/mol. The molecule has 5 heteroatoms. The van der Waals surface area contributed by atoms with E-state index in [0.717, 1.165) is 5.56 Å². The van der Waals surface area contributed by atoms with E-state index in [1.807, 2.05) is 13.8 Å². The summed E-state index contributed by atoms with van der Waals surface area (Å²) < 4.78 is 39.2. The molecule has 0 heterocycles. The summed E-state index contributed by atoms with van der Waals surface area (Å²) in [6, 6.07) is 5.42. The molecule has 0 spiro atoms. The van der Waals surface area contributed by atoms with Gasteiger partial charge in [-0.2, -0.15) is 8.78 Å². The Bertz CT molecular complexity index is 399. The first kappa shape index (κ1) is 13.5. The van der Waals surface area contributed by atoms with Crippen LogP contribution in [0.25, 0.3) is 0 Å². The van der Waals surface area contributed by atoms with Gasteiger partial charge in [-0.05, 0) is 17.0 Å². The fourth-order valence-corrected chi connectivity index (χ4v) is 1.37. The van der Waals surface area contributed by atoms with Gasteiger partial charge in [0.05, 0.1) is 0 Å². The van der Waals surface area contributed by atoms with E-state index in [0.29, 0.717) is 0 Å². The van der Waals surface area contributed by atoms with E-state index in [-0.39, 0.29) is 11.5 Å². The lowest BCUT2D eigenvalue weighted by Crippen LogP contribution is -2.33. The molecule has 1 unspecified atom stereocenters. The molecule has 0 saturated heterocycles. The lowest BCUT2D eigenvalue weighted by Gasteiger charge is -2.17. The van der Waals surface area contributed by atoms with Gasteiger partial charge in [0, 0.05) is 0 Å². The van der Waals surface area contributed by atoms with Crippen molar-refractivity contribution in [3.63, 3.8) is 0 Å². The molecular formula is C12H13F3O2. The predicted molar refractivity (Wildman–Crippen MR) is 57.0 cm³/mol. The predicted octanol–water partition coefficient (Wildman–Crippen LogP) is 3.54. The first-order valence-electron chi connectivity index (χ1n) is 5.12. The number of hydrogen-bond acceptors (Lipinski definition) is 1. The van der Waals surface area contributed by atoms with E-state index in [2.05, 4.69) is 0 Å². The van der Waals surface area contributed by atoms with E-state index in [1.54, 1.807) is 0 Å². The van der Waals surface area contributed by atoms with Crippen LogP contribution in [0.15, 0.2) is 24.3 Å². The van der Waals surface area contributed by atoms with Gasteiger partial charge in [0.1, 0.15) is 0 Å². The summed E-state index contributed by atoms with van der Waals surface area (Å²) in [7, 11) is 0. The molecule has 94 valence electrons. The highest BCUT2D eigenvalue weighted by atomic mass is 19.3. The van der Waals surface area contributed by atoms with Crippen LogP contribution >= 0.6 is 0 Å². The molecule has 1 N–H and O–H groups in total. The number of carboxylic acids is 1. The molecule has 2 nitrogen and oxygen atoms in total. The highest BCUT2D eigenvalue weighted by Crippen LogP contribution is 2.35. The molecule has 17 heavy (non-hydrogen) atoms. The first-order chi connectivity index (χ1) is 7.76. The largest absolute Gasteiger partial charge is 0.477 e. The summed E-state index contributed by atoms with van der Waals surface area (Å²) in [4.78, 5) is 10.2. The third-order valence-corrected chi connectivity index (χ3v) is 2.50. The zero-order valence-corrected chi connectivity index (χ0v) is 9.45. The van der Waals surface area contributed by atoms with Gasteiger partial charge in [-0.25, -0.2) is 9.18 Å². The topological polar surface area (TPSA) is 37.3 Å². The molecule has 0 radical (unpaired) electrons. The zero-order chi connectivity index (χ0) is 13.2. The number of hydrogen-bond donors (Lipinski definition) is 1. The van der Waals surface area contributed by atoms with E-state index in [4.69, 9.17) is 5.11 Å². The minimum absolute atomic E-state index is 0.196. The van der Waals surface area contributed by atoms with Crippen molar-refractivity contribution in [1.29, 1.82) is 0 Å². The molecule has 1 atom stereocenters. The highest BCUT2D eigenvalue weighted by molar-refractivity contribution is 5.76. The van der Waals surface area contributed by atoms with Crippen molar-refractivity contribution in [3.8, 4) is 0 Å². The Morgan fingerprint density at radius 3 is 1.94 bits per heavy atom. The second-order valence-corrected chi connectivity index (χ2v) is 4.11. The minimum atomic E-state index is -4.40. The van der Waals surface area contributed by atoms with E-state index in [9.17, 15) is 18.0 Å². The Kier molecular flexibility index (Phi) is 3.80. The summed E-state index contributed by atoms with van der Waals surface area (Å²) in [5.74, 6) is -6.67. The standard InChI is InChI=1S/C12H13F3O2/c1-7(2)8-3-5-9(6-4-8)10(13)12(14,15)11(16)17/h3-7,10H,1-2H3,(H,16,17). The average Bonchev–Trinajstić information content (AvgIpc) is 2.27. The third-order valence-electron chi connectivity index (χ3n) is 2.50. The number of alkyl halides is 3. The molecule has 0 aliphatic carbocycles. The third kappa shape index (κ3) is 2.78. The van der Waals surface area contributed by atoms with Gasteiger partial charge in [0.25, 0.3) is 0 Å². The van der Waals surface area contributed by atoms with Crippen LogP contribution in [0, 0.1) is 0 Å². The van der Waals surface area contributed by atoms with Gasteiger partial charge in [-0.15, -0.1) is 0 Å². The monoisotopic (exact) mass is 246 g/mol.